The van der Waals surface area contributed by atoms with Gasteiger partial charge < -0.3 is 21.9 Å². The highest BCUT2D eigenvalue weighted by Crippen LogP contribution is 1.99. The molecule has 0 unspecified atom stereocenters. The number of carbonyl (C=O) groups is 1. The molecule has 108 valence electrons. The Labute approximate surface area is 127 Å². The number of rotatable bonds is 7. The average Bonchev–Trinajstić information content (AvgIpc) is 2.39. The molecular weight excluding hydrogens is 304 g/mol. The first-order valence-electron chi connectivity index (χ1n) is 6.90. The van der Waals surface area contributed by atoms with Gasteiger partial charge in [0.15, 0.2) is 18.9 Å². The molecule has 19 heavy (non-hydrogen) atoms. The van der Waals surface area contributed by atoms with E-state index in [1.807, 2.05) is 24.2 Å². The molecule has 0 N–H and O–H groups in total. The molecule has 0 fully saturated rings. The number of aryl methyl sites for hydroxylation is 2. The van der Waals surface area contributed by atoms with Gasteiger partial charge in [0, 0.05) is 25.2 Å². The van der Waals surface area contributed by atoms with Crippen molar-refractivity contribution in [3.8, 4) is 0 Å². The second-order valence-corrected chi connectivity index (χ2v) is 4.69. The van der Waals surface area contributed by atoms with E-state index in [4.69, 9.17) is 0 Å². The van der Waals surface area contributed by atoms with Crippen molar-refractivity contribution in [3.05, 3.63) is 30.1 Å². The molecule has 0 aliphatic carbocycles. The van der Waals surface area contributed by atoms with Crippen LogP contribution in [0.3, 0.4) is 0 Å². The minimum Gasteiger partial charge on any atom is -1.00 e. The third-order valence-corrected chi connectivity index (χ3v) is 3.16. The second kappa shape index (κ2) is 9.96. The average molecular weight is 329 g/mol. The van der Waals surface area contributed by atoms with Crippen molar-refractivity contribution in [1.29, 1.82) is 0 Å². The van der Waals surface area contributed by atoms with Crippen LogP contribution in [0.5, 0.6) is 0 Å². The second-order valence-electron chi connectivity index (χ2n) is 4.69. The number of hydrogen-bond donors (Lipinski definition) is 0. The number of hydrogen-bond acceptors (Lipinski definition) is 1. The fraction of sp³-hybridized carbons (Fsp3) is 0.600. The van der Waals surface area contributed by atoms with Crippen molar-refractivity contribution in [3.63, 3.8) is 0 Å². The summed E-state index contributed by atoms with van der Waals surface area (Å²) in [5.74, 6) is 0.263. The lowest BCUT2D eigenvalue weighted by Gasteiger charge is -2.19. The van der Waals surface area contributed by atoms with E-state index in [9.17, 15) is 4.79 Å². The van der Waals surface area contributed by atoms with Crippen LogP contribution in [0.1, 0.15) is 38.7 Å². The standard InChI is InChI=1S/C15H25N2O.BrH/c1-4-6-10-17(5-2)15(18)9-13-16-11-7-14(3)8-12-16;/h7-8,11-12H,4-6,9-10,13H2,1-3H3;1H/q+1;/p-1. The molecule has 0 radical (unpaired) electrons. The van der Waals surface area contributed by atoms with E-state index in [1.54, 1.807) is 0 Å². The molecule has 3 nitrogen and oxygen atoms in total. The molecule has 1 aromatic heterocycles. The van der Waals surface area contributed by atoms with E-state index in [0.29, 0.717) is 6.42 Å². The van der Waals surface area contributed by atoms with E-state index >= 15 is 0 Å². The highest BCUT2D eigenvalue weighted by atomic mass is 79.9. The van der Waals surface area contributed by atoms with Gasteiger partial charge in [-0.05, 0) is 25.8 Å². The molecule has 1 aromatic rings. The molecule has 0 atom stereocenters. The quantitative estimate of drug-likeness (QED) is 0.609. The molecule has 0 saturated carbocycles. The largest absolute Gasteiger partial charge is 1.00 e. The monoisotopic (exact) mass is 328 g/mol. The van der Waals surface area contributed by atoms with Crippen LogP contribution in [0.25, 0.3) is 0 Å². The van der Waals surface area contributed by atoms with Gasteiger partial charge in [0.05, 0.1) is 6.42 Å². The van der Waals surface area contributed by atoms with Crippen molar-refractivity contribution >= 4 is 5.91 Å². The Morgan fingerprint density at radius 1 is 1.26 bits per heavy atom. The van der Waals surface area contributed by atoms with Gasteiger partial charge in [-0.3, -0.25) is 4.79 Å². The summed E-state index contributed by atoms with van der Waals surface area (Å²) >= 11 is 0. The summed E-state index contributed by atoms with van der Waals surface area (Å²) in [4.78, 5) is 14.0. The summed E-state index contributed by atoms with van der Waals surface area (Å²) in [6.07, 6.45) is 6.88. The van der Waals surface area contributed by atoms with Gasteiger partial charge in [-0.25, -0.2) is 4.57 Å². The Bertz CT molecular complexity index is 365. The normalized spacial score (nSPS) is 9.84. The predicted octanol–water partition coefficient (Wildman–Crippen LogP) is -0.675. The van der Waals surface area contributed by atoms with Crippen LogP contribution in [0, 0.1) is 6.92 Å². The van der Waals surface area contributed by atoms with Crippen LogP contribution >= 0.6 is 0 Å². The molecule has 0 spiro atoms. The zero-order chi connectivity index (χ0) is 13.4. The van der Waals surface area contributed by atoms with Crippen molar-refractivity contribution in [2.45, 2.75) is 46.6 Å². The van der Waals surface area contributed by atoms with Crippen LogP contribution in [-0.2, 0) is 11.3 Å². The van der Waals surface area contributed by atoms with Gasteiger partial charge in [-0.15, -0.1) is 0 Å². The van der Waals surface area contributed by atoms with Crippen molar-refractivity contribution < 1.29 is 26.3 Å². The number of aromatic nitrogens is 1. The molecule has 0 bridgehead atoms. The van der Waals surface area contributed by atoms with Gasteiger partial charge in [-0.1, -0.05) is 13.3 Å². The SMILES string of the molecule is CCCCN(CC)C(=O)CC[n+]1ccc(C)cc1.[Br-]. The highest BCUT2D eigenvalue weighted by Gasteiger charge is 2.12. The summed E-state index contributed by atoms with van der Waals surface area (Å²) in [5.41, 5.74) is 1.25. The lowest BCUT2D eigenvalue weighted by molar-refractivity contribution is -0.696. The van der Waals surface area contributed by atoms with E-state index in [0.717, 1.165) is 32.5 Å². The zero-order valence-corrected chi connectivity index (χ0v) is 13.8. The van der Waals surface area contributed by atoms with Crippen molar-refractivity contribution in [1.82, 2.24) is 4.90 Å². The molecule has 0 aliphatic heterocycles. The summed E-state index contributed by atoms with van der Waals surface area (Å²) in [6, 6.07) is 4.14. The molecule has 0 aromatic carbocycles. The highest BCUT2D eigenvalue weighted by molar-refractivity contribution is 5.75. The van der Waals surface area contributed by atoms with Gasteiger partial charge in [0.25, 0.3) is 0 Å². The Balaban J connectivity index is 0.00000324. The smallest absolute Gasteiger partial charge is 0.228 e. The summed E-state index contributed by atoms with van der Waals surface area (Å²) in [7, 11) is 0. The number of carbonyl (C=O) groups excluding carboxylic acids is 1. The van der Waals surface area contributed by atoms with Gasteiger partial charge >= 0.3 is 0 Å². The van der Waals surface area contributed by atoms with Crippen LogP contribution in [-0.4, -0.2) is 23.9 Å². The molecular formula is C15H25BrN2O. The maximum absolute atomic E-state index is 12.0. The predicted molar refractivity (Wildman–Crippen MR) is 73.2 cm³/mol. The Hall–Kier alpha value is -0.900. The van der Waals surface area contributed by atoms with Crippen LogP contribution < -0.4 is 21.5 Å². The Morgan fingerprint density at radius 3 is 2.42 bits per heavy atom. The van der Waals surface area contributed by atoms with Crippen LogP contribution in [0.2, 0.25) is 0 Å². The lowest BCUT2D eigenvalue weighted by atomic mass is 10.2. The molecule has 1 rings (SSSR count). The molecule has 4 heteroatoms. The third kappa shape index (κ3) is 6.71. The number of nitrogens with zero attached hydrogens (tertiary/aromatic N) is 2. The fourth-order valence-electron chi connectivity index (χ4n) is 1.87. The third-order valence-electron chi connectivity index (χ3n) is 3.16. The molecule has 1 heterocycles. The Kier molecular flexibility index (Phi) is 9.48. The van der Waals surface area contributed by atoms with Gasteiger partial charge in [0.1, 0.15) is 0 Å². The minimum absolute atomic E-state index is 0. The summed E-state index contributed by atoms with van der Waals surface area (Å²) < 4.78 is 2.07. The van der Waals surface area contributed by atoms with Crippen molar-refractivity contribution in [2.75, 3.05) is 13.1 Å². The topological polar surface area (TPSA) is 24.2 Å². The molecule has 0 saturated heterocycles. The fourth-order valence-corrected chi connectivity index (χ4v) is 1.87. The van der Waals surface area contributed by atoms with Gasteiger partial charge in [0.2, 0.25) is 5.91 Å². The molecule has 1 amide bonds. The van der Waals surface area contributed by atoms with E-state index in [1.165, 1.54) is 5.56 Å². The first-order chi connectivity index (χ1) is 8.67. The number of unbranched alkanes of at least 4 members (excludes halogenated alkanes) is 1. The van der Waals surface area contributed by atoms with Crippen molar-refractivity contribution in [2.24, 2.45) is 0 Å². The number of halogens is 1. The maximum atomic E-state index is 12.0. The number of pyridine rings is 1. The van der Waals surface area contributed by atoms with Crippen LogP contribution in [0.4, 0.5) is 0 Å². The lowest BCUT2D eigenvalue weighted by Crippen LogP contribution is -3.00. The summed E-state index contributed by atoms with van der Waals surface area (Å²) in [5, 5.41) is 0. The van der Waals surface area contributed by atoms with Gasteiger partial charge in [-0.2, -0.15) is 0 Å². The summed E-state index contributed by atoms with van der Waals surface area (Å²) in [6.45, 7) is 8.75. The first-order valence-corrected chi connectivity index (χ1v) is 6.90. The maximum Gasteiger partial charge on any atom is 0.228 e. The Morgan fingerprint density at radius 2 is 1.89 bits per heavy atom. The van der Waals surface area contributed by atoms with E-state index in [-0.39, 0.29) is 22.9 Å². The molecule has 0 aliphatic rings. The van der Waals surface area contributed by atoms with E-state index < -0.39 is 0 Å². The van der Waals surface area contributed by atoms with Crippen LogP contribution in [0.15, 0.2) is 24.5 Å². The zero-order valence-electron chi connectivity index (χ0n) is 12.2. The minimum atomic E-state index is 0. The van der Waals surface area contributed by atoms with E-state index in [2.05, 4.69) is 30.5 Å². The first kappa shape index (κ1) is 18.1. The number of amides is 1.